The molecule has 0 saturated carbocycles. The van der Waals surface area contributed by atoms with Gasteiger partial charge in [-0.25, -0.2) is 0 Å². The third-order valence-electron chi connectivity index (χ3n) is 2.93. The molecule has 0 amide bonds. The standard InChI is InChI=1S/C13H12BrN5/c1-8(15)13-16-17-18-19(13)12-5-3-9-6-11(14)4-2-10(9)7-12/h2-8H,15H2,1H3. The van der Waals surface area contributed by atoms with Crippen LogP contribution >= 0.6 is 15.9 Å². The van der Waals surface area contributed by atoms with E-state index in [1.807, 2.05) is 31.2 Å². The van der Waals surface area contributed by atoms with Gasteiger partial charge in [0.25, 0.3) is 0 Å². The van der Waals surface area contributed by atoms with E-state index in [2.05, 4.69) is 43.6 Å². The maximum absolute atomic E-state index is 5.86. The molecule has 0 aliphatic rings. The highest BCUT2D eigenvalue weighted by Gasteiger charge is 2.12. The van der Waals surface area contributed by atoms with Crippen molar-refractivity contribution in [1.29, 1.82) is 0 Å². The van der Waals surface area contributed by atoms with Crippen LogP contribution in [-0.4, -0.2) is 20.2 Å². The van der Waals surface area contributed by atoms with Gasteiger partial charge < -0.3 is 5.73 Å². The molecular formula is C13H12BrN5. The molecule has 3 aromatic rings. The van der Waals surface area contributed by atoms with Gasteiger partial charge in [-0.05, 0) is 52.4 Å². The van der Waals surface area contributed by atoms with Gasteiger partial charge in [-0.2, -0.15) is 4.68 Å². The average Bonchev–Trinajstić information content (AvgIpc) is 2.87. The Kier molecular flexibility index (Phi) is 3.04. The van der Waals surface area contributed by atoms with Crippen LogP contribution in [0.4, 0.5) is 0 Å². The molecule has 3 rings (SSSR count). The monoisotopic (exact) mass is 317 g/mol. The second-order valence-electron chi connectivity index (χ2n) is 4.41. The molecule has 0 aliphatic heterocycles. The van der Waals surface area contributed by atoms with E-state index in [1.165, 1.54) is 0 Å². The Bertz CT molecular complexity index is 735. The van der Waals surface area contributed by atoms with Crippen LogP contribution in [0.15, 0.2) is 40.9 Å². The Labute approximate surface area is 118 Å². The fourth-order valence-corrected chi connectivity index (χ4v) is 2.38. The van der Waals surface area contributed by atoms with E-state index in [4.69, 9.17) is 5.73 Å². The number of hydrogen-bond donors (Lipinski definition) is 1. The summed E-state index contributed by atoms with van der Waals surface area (Å²) in [4.78, 5) is 0. The molecule has 1 heterocycles. The van der Waals surface area contributed by atoms with Crippen LogP contribution in [0.25, 0.3) is 16.5 Å². The molecule has 1 aromatic heterocycles. The van der Waals surface area contributed by atoms with E-state index in [9.17, 15) is 0 Å². The number of rotatable bonds is 2. The summed E-state index contributed by atoms with van der Waals surface area (Å²) in [6, 6.07) is 12.0. The van der Waals surface area contributed by atoms with Crippen LogP contribution in [0.5, 0.6) is 0 Å². The average molecular weight is 318 g/mol. The normalized spacial score (nSPS) is 12.8. The number of fused-ring (bicyclic) bond motifs is 1. The summed E-state index contributed by atoms with van der Waals surface area (Å²) < 4.78 is 2.73. The van der Waals surface area contributed by atoms with Crippen molar-refractivity contribution >= 4 is 26.7 Å². The van der Waals surface area contributed by atoms with Crippen LogP contribution in [0, 0.1) is 0 Å². The van der Waals surface area contributed by atoms with Gasteiger partial charge in [0, 0.05) is 4.47 Å². The smallest absolute Gasteiger partial charge is 0.173 e. The van der Waals surface area contributed by atoms with Gasteiger partial charge in [0.15, 0.2) is 5.82 Å². The molecule has 96 valence electrons. The summed E-state index contributed by atoms with van der Waals surface area (Å²) in [5.41, 5.74) is 6.77. The Hall–Kier alpha value is -1.79. The largest absolute Gasteiger partial charge is 0.321 e. The van der Waals surface area contributed by atoms with Crippen molar-refractivity contribution in [3.05, 3.63) is 46.7 Å². The minimum Gasteiger partial charge on any atom is -0.321 e. The predicted molar refractivity (Wildman–Crippen MR) is 77.0 cm³/mol. The molecule has 1 unspecified atom stereocenters. The summed E-state index contributed by atoms with van der Waals surface area (Å²) in [5, 5.41) is 13.9. The maximum Gasteiger partial charge on any atom is 0.173 e. The fraction of sp³-hybridized carbons (Fsp3) is 0.154. The summed E-state index contributed by atoms with van der Waals surface area (Å²) in [6.45, 7) is 1.86. The second-order valence-corrected chi connectivity index (χ2v) is 5.33. The molecule has 0 spiro atoms. The molecule has 6 heteroatoms. The van der Waals surface area contributed by atoms with E-state index < -0.39 is 0 Å². The Morgan fingerprint density at radius 2 is 1.89 bits per heavy atom. The SMILES string of the molecule is CC(N)c1nnnn1-c1ccc2cc(Br)ccc2c1. The molecular weight excluding hydrogens is 306 g/mol. The molecule has 0 aliphatic carbocycles. The molecule has 0 fully saturated rings. The molecule has 5 nitrogen and oxygen atoms in total. The maximum atomic E-state index is 5.86. The summed E-state index contributed by atoms with van der Waals surface area (Å²) in [6.07, 6.45) is 0. The zero-order chi connectivity index (χ0) is 13.4. The first-order valence-corrected chi connectivity index (χ1v) is 6.68. The van der Waals surface area contributed by atoms with Crippen molar-refractivity contribution in [3.63, 3.8) is 0 Å². The van der Waals surface area contributed by atoms with Gasteiger partial charge in [-0.3, -0.25) is 0 Å². The van der Waals surface area contributed by atoms with E-state index in [0.717, 1.165) is 20.9 Å². The quantitative estimate of drug-likeness (QED) is 0.788. The molecule has 0 radical (unpaired) electrons. The highest BCUT2D eigenvalue weighted by atomic mass is 79.9. The second kappa shape index (κ2) is 4.71. The lowest BCUT2D eigenvalue weighted by Crippen LogP contribution is -2.13. The third-order valence-corrected chi connectivity index (χ3v) is 3.42. The van der Waals surface area contributed by atoms with Crippen molar-refractivity contribution in [2.75, 3.05) is 0 Å². The molecule has 1 atom stereocenters. The molecule has 19 heavy (non-hydrogen) atoms. The summed E-state index contributed by atoms with van der Waals surface area (Å²) in [7, 11) is 0. The van der Waals surface area contributed by atoms with Crippen molar-refractivity contribution in [3.8, 4) is 5.69 Å². The number of aromatic nitrogens is 4. The number of halogens is 1. The van der Waals surface area contributed by atoms with Crippen LogP contribution in [0.1, 0.15) is 18.8 Å². The Balaban J connectivity index is 2.15. The summed E-state index contributed by atoms with van der Waals surface area (Å²) >= 11 is 3.47. The number of hydrogen-bond acceptors (Lipinski definition) is 4. The van der Waals surface area contributed by atoms with E-state index >= 15 is 0 Å². The number of tetrazole rings is 1. The highest BCUT2D eigenvalue weighted by molar-refractivity contribution is 9.10. The topological polar surface area (TPSA) is 69.6 Å². The lowest BCUT2D eigenvalue weighted by molar-refractivity contribution is 0.689. The van der Waals surface area contributed by atoms with E-state index in [-0.39, 0.29) is 6.04 Å². The number of nitrogens with two attached hydrogens (primary N) is 1. The fourth-order valence-electron chi connectivity index (χ4n) is 2.00. The first-order valence-electron chi connectivity index (χ1n) is 5.89. The van der Waals surface area contributed by atoms with E-state index in [1.54, 1.807) is 4.68 Å². The predicted octanol–water partition coefficient (Wildman–Crippen LogP) is 2.60. The van der Waals surface area contributed by atoms with Gasteiger partial charge in [0.05, 0.1) is 11.7 Å². The van der Waals surface area contributed by atoms with Crippen molar-refractivity contribution < 1.29 is 0 Å². The first-order chi connectivity index (χ1) is 9.15. The van der Waals surface area contributed by atoms with Crippen LogP contribution < -0.4 is 5.73 Å². The van der Waals surface area contributed by atoms with Gasteiger partial charge in [0.2, 0.25) is 0 Å². The van der Waals surface area contributed by atoms with Crippen molar-refractivity contribution in [2.45, 2.75) is 13.0 Å². The van der Waals surface area contributed by atoms with Gasteiger partial charge in [0.1, 0.15) is 0 Å². The molecule has 2 N–H and O–H groups in total. The highest BCUT2D eigenvalue weighted by Crippen LogP contribution is 2.23. The third kappa shape index (κ3) is 2.24. The van der Waals surface area contributed by atoms with Gasteiger partial charge in [-0.15, -0.1) is 5.10 Å². The Morgan fingerprint density at radius 1 is 1.16 bits per heavy atom. The summed E-state index contributed by atoms with van der Waals surface area (Å²) in [5.74, 6) is 0.650. The molecule has 2 aromatic carbocycles. The minimum absolute atomic E-state index is 0.212. The van der Waals surface area contributed by atoms with Gasteiger partial charge >= 0.3 is 0 Å². The van der Waals surface area contributed by atoms with Crippen LogP contribution in [-0.2, 0) is 0 Å². The first kappa shape index (κ1) is 12.3. The lowest BCUT2D eigenvalue weighted by Gasteiger charge is -2.08. The van der Waals surface area contributed by atoms with Crippen LogP contribution in [0.3, 0.4) is 0 Å². The Morgan fingerprint density at radius 3 is 2.68 bits per heavy atom. The van der Waals surface area contributed by atoms with Crippen molar-refractivity contribution in [2.24, 2.45) is 5.73 Å². The van der Waals surface area contributed by atoms with Gasteiger partial charge in [-0.1, -0.05) is 28.1 Å². The zero-order valence-corrected chi connectivity index (χ0v) is 11.9. The van der Waals surface area contributed by atoms with E-state index in [0.29, 0.717) is 5.82 Å². The van der Waals surface area contributed by atoms with Crippen molar-refractivity contribution in [1.82, 2.24) is 20.2 Å². The lowest BCUT2D eigenvalue weighted by atomic mass is 10.1. The molecule has 0 bridgehead atoms. The number of benzene rings is 2. The minimum atomic E-state index is -0.212. The zero-order valence-electron chi connectivity index (χ0n) is 10.3. The molecule has 0 saturated heterocycles. The van der Waals surface area contributed by atoms with Crippen LogP contribution in [0.2, 0.25) is 0 Å². The number of nitrogens with zero attached hydrogens (tertiary/aromatic N) is 4.